The number of rotatable bonds is 7. The number of fused-ring (bicyclic) bond motifs is 1. The van der Waals surface area contributed by atoms with E-state index in [1.165, 1.54) is 0 Å². The number of para-hydroxylation sites is 1. The molecule has 0 fully saturated rings. The first-order valence-electron chi connectivity index (χ1n) is 10.5. The Morgan fingerprint density at radius 2 is 1.87 bits per heavy atom. The Bertz CT molecular complexity index is 1160. The van der Waals surface area contributed by atoms with Gasteiger partial charge in [-0.1, -0.05) is 43.7 Å². The highest BCUT2D eigenvalue weighted by molar-refractivity contribution is 6.35. The first kappa shape index (κ1) is 20.6. The molecule has 0 aliphatic carbocycles. The summed E-state index contributed by atoms with van der Waals surface area (Å²) in [6.45, 7) is 2.70. The zero-order valence-electron chi connectivity index (χ0n) is 17.7. The Morgan fingerprint density at radius 1 is 1.13 bits per heavy atom. The van der Waals surface area contributed by atoms with Crippen LogP contribution >= 0.6 is 0 Å². The molecule has 6 nitrogen and oxygen atoms in total. The second kappa shape index (κ2) is 8.60. The Kier molecular flexibility index (Phi) is 5.71. The second-order valence-corrected chi connectivity index (χ2v) is 7.73. The molecule has 0 atom stereocenters. The number of carbonyl (C=O) groups is 2. The third kappa shape index (κ3) is 4.01. The van der Waals surface area contributed by atoms with Crippen molar-refractivity contribution in [3.8, 4) is 0 Å². The number of unbranched alkanes of at least 4 members (excludes halogenated alkanes) is 1. The number of nitrogens with zero attached hydrogens (tertiary/aromatic N) is 3. The molecule has 0 bridgehead atoms. The van der Waals surface area contributed by atoms with Crippen LogP contribution in [-0.4, -0.2) is 33.6 Å². The van der Waals surface area contributed by atoms with Crippen molar-refractivity contribution in [2.45, 2.75) is 32.7 Å². The van der Waals surface area contributed by atoms with Gasteiger partial charge in [0.1, 0.15) is 5.82 Å². The largest absolute Gasteiger partial charge is 0.478 e. The van der Waals surface area contributed by atoms with Gasteiger partial charge in [0.05, 0.1) is 28.7 Å². The summed E-state index contributed by atoms with van der Waals surface area (Å²) in [7, 11) is 1.79. The summed E-state index contributed by atoms with van der Waals surface area (Å²) in [4.78, 5) is 30.3. The van der Waals surface area contributed by atoms with E-state index in [9.17, 15) is 9.59 Å². The van der Waals surface area contributed by atoms with E-state index in [0.717, 1.165) is 47.6 Å². The number of anilines is 1. The zero-order valence-corrected chi connectivity index (χ0v) is 17.7. The number of aromatic carboxylic acids is 1. The molecule has 1 aliphatic heterocycles. The molecule has 1 aromatic heterocycles. The van der Waals surface area contributed by atoms with Crippen LogP contribution in [0, 0.1) is 0 Å². The smallest absolute Gasteiger partial charge is 0.335 e. The maximum absolute atomic E-state index is 12.9. The molecule has 0 unspecified atom stereocenters. The van der Waals surface area contributed by atoms with Gasteiger partial charge in [-0.05, 0) is 36.3 Å². The van der Waals surface area contributed by atoms with Crippen molar-refractivity contribution in [2.24, 2.45) is 0 Å². The van der Waals surface area contributed by atoms with Crippen molar-refractivity contribution in [2.75, 3.05) is 11.9 Å². The van der Waals surface area contributed by atoms with Crippen molar-refractivity contribution in [3.63, 3.8) is 0 Å². The zero-order chi connectivity index (χ0) is 22.0. The van der Waals surface area contributed by atoms with E-state index in [4.69, 9.17) is 5.11 Å². The summed E-state index contributed by atoms with van der Waals surface area (Å²) in [6, 6.07) is 14.7. The molecule has 1 N–H and O–H groups in total. The molecule has 6 heteroatoms. The Labute approximate surface area is 181 Å². The maximum atomic E-state index is 12.9. The van der Waals surface area contributed by atoms with Crippen LogP contribution in [0.15, 0.2) is 54.7 Å². The van der Waals surface area contributed by atoms with Crippen LogP contribution in [0.25, 0.3) is 11.6 Å². The van der Waals surface area contributed by atoms with Gasteiger partial charge in [-0.2, -0.15) is 0 Å². The lowest BCUT2D eigenvalue weighted by atomic mass is 10.1. The highest BCUT2D eigenvalue weighted by Gasteiger charge is 2.29. The van der Waals surface area contributed by atoms with Crippen LogP contribution in [0.1, 0.15) is 52.8 Å². The average molecular weight is 415 g/mol. The lowest BCUT2D eigenvalue weighted by molar-refractivity contribution is -0.112. The van der Waals surface area contributed by atoms with Crippen LogP contribution in [0.3, 0.4) is 0 Å². The molecular formula is C25H25N3O3. The number of aromatic nitrogens is 2. The summed E-state index contributed by atoms with van der Waals surface area (Å²) in [5, 5.41) is 9.14. The molecule has 4 rings (SSSR count). The summed E-state index contributed by atoms with van der Waals surface area (Å²) < 4.78 is 2.12. The number of aryl methyl sites for hydroxylation is 1. The fourth-order valence-electron chi connectivity index (χ4n) is 3.88. The molecule has 0 saturated heterocycles. The van der Waals surface area contributed by atoms with Crippen molar-refractivity contribution in [3.05, 3.63) is 82.9 Å². The number of carboxylic acids is 1. The van der Waals surface area contributed by atoms with Crippen LogP contribution in [0.5, 0.6) is 0 Å². The van der Waals surface area contributed by atoms with Crippen LogP contribution in [0.4, 0.5) is 5.69 Å². The number of likely N-dealkylation sites (N-methyl/N-ethyl adjacent to an activating group) is 1. The predicted molar refractivity (Wildman–Crippen MR) is 121 cm³/mol. The van der Waals surface area contributed by atoms with E-state index in [-0.39, 0.29) is 11.5 Å². The first-order chi connectivity index (χ1) is 15.0. The summed E-state index contributed by atoms with van der Waals surface area (Å²) >= 11 is 0. The molecule has 1 amide bonds. The molecule has 158 valence electrons. The molecular weight excluding hydrogens is 390 g/mol. The standard InChI is InChI=1S/C25H25N3O3/c1-3-4-9-23-26-15-19(28(23)16-17-10-12-18(13-11-17)25(30)31)14-21-20-7-5-6-8-22(20)27(2)24(21)29/h5-8,10-15H,3-4,9,16H2,1-2H3,(H,30,31). The van der Waals surface area contributed by atoms with Crippen LogP contribution < -0.4 is 4.90 Å². The molecule has 0 saturated carbocycles. The highest BCUT2D eigenvalue weighted by atomic mass is 16.4. The predicted octanol–water partition coefficient (Wildman–Crippen LogP) is 4.49. The number of carboxylic acid groups (broad SMARTS) is 1. The number of carbonyl (C=O) groups excluding carboxylic acids is 1. The third-order valence-corrected chi connectivity index (χ3v) is 5.65. The van der Waals surface area contributed by atoms with Crippen molar-refractivity contribution < 1.29 is 14.7 Å². The lowest BCUT2D eigenvalue weighted by Gasteiger charge is -2.11. The average Bonchev–Trinajstić information content (AvgIpc) is 3.26. The minimum Gasteiger partial charge on any atom is -0.478 e. The van der Waals surface area contributed by atoms with Gasteiger partial charge in [0.15, 0.2) is 0 Å². The number of imidazole rings is 1. The van der Waals surface area contributed by atoms with Gasteiger partial charge in [-0.15, -0.1) is 0 Å². The van der Waals surface area contributed by atoms with Crippen LogP contribution in [-0.2, 0) is 17.8 Å². The highest BCUT2D eigenvalue weighted by Crippen LogP contribution is 2.36. The summed E-state index contributed by atoms with van der Waals surface area (Å²) in [5.74, 6) is -0.0104. The number of hydrogen-bond donors (Lipinski definition) is 1. The number of amides is 1. The molecule has 3 aromatic rings. The van der Waals surface area contributed by atoms with Crippen molar-refractivity contribution >= 4 is 29.2 Å². The summed E-state index contributed by atoms with van der Waals surface area (Å²) in [6.07, 6.45) is 6.66. The molecule has 1 aliphatic rings. The Hall–Kier alpha value is -3.67. The van der Waals surface area contributed by atoms with Gasteiger partial charge in [0.25, 0.3) is 5.91 Å². The number of benzene rings is 2. The van der Waals surface area contributed by atoms with E-state index in [1.807, 2.05) is 48.7 Å². The summed E-state index contributed by atoms with van der Waals surface area (Å²) in [5.41, 5.74) is 4.59. The molecule has 2 aromatic carbocycles. The van der Waals surface area contributed by atoms with Crippen molar-refractivity contribution in [1.82, 2.24) is 9.55 Å². The minimum absolute atomic E-state index is 0.0325. The third-order valence-electron chi connectivity index (χ3n) is 5.65. The fourth-order valence-corrected chi connectivity index (χ4v) is 3.88. The van der Waals surface area contributed by atoms with E-state index in [2.05, 4.69) is 16.5 Å². The van der Waals surface area contributed by atoms with Gasteiger partial charge in [-0.25, -0.2) is 9.78 Å². The Morgan fingerprint density at radius 3 is 2.58 bits per heavy atom. The minimum atomic E-state index is -0.939. The fraction of sp³-hybridized carbons (Fsp3) is 0.240. The molecule has 0 radical (unpaired) electrons. The topological polar surface area (TPSA) is 75.4 Å². The maximum Gasteiger partial charge on any atom is 0.335 e. The van der Waals surface area contributed by atoms with Crippen LogP contribution in [0.2, 0.25) is 0 Å². The quantitative estimate of drug-likeness (QED) is 0.577. The molecule has 2 heterocycles. The molecule has 31 heavy (non-hydrogen) atoms. The van der Waals surface area contributed by atoms with Gasteiger partial charge < -0.3 is 14.6 Å². The van der Waals surface area contributed by atoms with E-state index < -0.39 is 5.97 Å². The normalized spacial score (nSPS) is 14.3. The van der Waals surface area contributed by atoms with E-state index in [1.54, 1.807) is 24.1 Å². The Balaban J connectivity index is 1.73. The second-order valence-electron chi connectivity index (χ2n) is 7.73. The van der Waals surface area contributed by atoms with E-state index >= 15 is 0 Å². The van der Waals surface area contributed by atoms with E-state index in [0.29, 0.717) is 12.1 Å². The van der Waals surface area contributed by atoms with Crippen molar-refractivity contribution in [1.29, 1.82) is 0 Å². The monoisotopic (exact) mass is 415 g/mol. The van der Waals surface area contributed by atoms with Gasteiger partial charge >= 0.3 is 5.97 Å². The number of hydrogen-bond acceptors (Lipinski definition) is 3. The van der Waals surface area contributed by atoms with Gasteiger partial charge in [0.2, 0.25) is 0 Å². The lowest BCUT2D eigenvalue weighted by Crippen LogP contribution is -2.20. The van der Waals surface area contributed by atoms with Gasteiger partial charge in [0, 0.05) is 25.6 Å². The SMILES string of the molecule is CCCCc1ncc(C=C2C(=O)N(C)c3ccccc32)n1Cc1ccc(C(=O)O)cc1. The first-order valence-corrected chi connectivity index (χ1v) is 10.5. The van der Waals surface area contributed by atoms with Gasteiger partial charge in [-0.3, -0.25) is 4.79 Å². The molecule has 0 spiro atoms.